The molecule has 6 N–H and O–H groups in total. The number of nitrogens with one attached hydrogen (secondary N) is 2. The second-order valence-electron chi connectivity index (χ2n) is 26.2. The number of hydrogen-bond acceptors (Lipinski definition) is 15. The predicted octanol–water partition coefficient (Wildman–Crippen LogP) is 13.1. The van der Waals surface area contributed by atoms with E-state index in [-0.39, 0.29) is 60.3 Å². The zero-order valence-corrected chi connectivity index (χ0v) is 60.2. The zero-order chi connectivity index (χ0) is 78.7. The lowest BCUT2D eigenvalue weighted by Crippen LogP contribution is -2.29. The van der Waals surface area contributed by atoms with Gasteiger partial charge in [-0.05, 0) is 128 Å². The molecule has 0 bridgehead atoms. The number of aryl methyl sites for hydroxylation is 3. The number of fused-ring (bicyclic) bond motifs is 3. The summed E-state index contributed by atoms with van der Waals surface area (Å²) in [7, 11) is 2.73. The maximum Gasteiger partial charge on any atom is 0.416 e. The van der Waals surface area contributed by atoms with Gasteiger partial charge in [-0.25, -0.2) is 18.8 Å². The molecule has 0 saturated heterocycles. The van der Waals surface area contributed by atoms with Gasteiger partial charge in [0.1, 0.15) is 34.1 Å². The fourth-order valence-corrected chi connectivity index (χ4v) is 12.6. The van der Waals surface area contributed by atoms with Gasteiger partial charge in [-0.15, -0.1) is 0 Å². The number of halogens is 9. The van der Waals surface area contributed by atoms with Gasteiger partial charge in [-0.3, -0.25) is 24.0 Å². The van der Waals surface area contributed by atoms with Crippen LogP contribution in [-0.2, 0) is 101 Å². The van der Waals surface area contributed by atoms with E-state index in [1.165, 1.54) is 50.6 Å². The largest absolute Gasteiger partial charge is 0.481 e. The molecule has 0 radical (unpaired) electrons. The first-order chi connectivity index (χ1) is 51.0. The number of nitrogens with two attached hydrogens (primary N) is 1. The third-order valence-corrected chi connectivity index (χ3v) is 18.2. The average Bonchev–Trinajstić information content (AvgIpc) is 1.63. The molecule has 0 unspecified atom stereocenters. The van der Waals surface area contributed by atoms with Gasteiger partial charge in [0.2, 0.25) is 0 Å². The van der Waals surface area contributed by atoms with Crippen LogP contribution in [0.15, 0.2) is 146 Å². The third kappa shape index (κ3) is 20.3. The maximum absolute atomic E-state index is 13.3. The van der Waals surface area contributed by atoms with Gasteiger partial charge in [0.15, 0.2) is 0 Å². The summed E-state index contributed by atoms with van der Waals surface area (Å²) in [6.45, 7) is 15.3. The van der Waals surface area contributed by atoms with E-state index in [2.05, 4.69) is 35.4 Å². The van der Waals surface area contributed by atoms with Crippen molar-refractivity contribution in [3.63, 3.8) is 0 Å². The first-order valence-corrected chi connectivity index (χ1v) is 34.2. The number of amides is 2. The van der Waals surface area contributed by atoms with E-state index >= 15 is 0 Å². The molecule has 0 aliphatic carbocycles. The van der Waals surface area contributed by atoms with E-state index in [1.807, 2.05) is 84.0 Å². The number of aromatic carboxylic acids is 1. The van der Waals surface area contributed by atoms with Gasteiger partial charge < -0.3 is 50.8 Å². The Balaban J connectivity index is 0.000000175. The number of methoxy groups -OCH3 is 2. The molecule has 0 fully saturated rings. The lowest BCUT2D eigenvalue weighted by atomic mass is 10.0. The second kappa shape index (κ2) is 34.4. The number of hydrogen-bond donors (Lipinski definition) is 5. The molecular weight excluding hydrogens is 1420 g/mol. The molecule has 3 aliphatic heterocycles. The minimum absolute atomic E-state index is 0.0298. The highest BCUT2D eigenvalue weighted by Gasteiger charge is 2.36. The van der Waals surface area contributed by atoms with Crippen LogP contribution in [0, 0.1) is 20.8 Å². The minimum atomic E-state index is -4.39. The highest BCUT2D eigenvalue weighted by Crippen LogP contribution is 2.37. The van der Waals surface area contributed by atoms with Crippen LogP contribution < -0.4 is 31.1 Å². The van der Waals surface area contributed by atoms with Gasteiger partial charge in [0, 0.05) is 45.3 Å². The van der Waals surface area contributed by atoms with Crippen LogP contribution in [0.3, 0.4) is 0 Å². The summed E-state index contributed by atoms with van der Waals surface area (Å²) >= 11 is 0. The average molecular weight is 1510 g/mol. The Morgan fingerprint density at radius 2 is 0.685 bits per heavy atom. The normalized spacial score (nSPS) is 13.8. The number of aromatic nitrogens is 6. The Morgan fingerprint density at radius 3 is 0.954 bits per heavy atom. The van der Waals surface area contributed by atoms with Crippen molar-refractivity contribution < 1.29 is 88.0 Å². The summed E-state index contributed by atoms with van der Waals surface area (Å²) in [6, 6.07) is 36.4. The number of carboxylic acids is 2. The maximum atomic E-state index is 13.3. The molecule has 572 valence electrons. The molecule has 22 nitrogen and oxygen atoms in total. The van der Waals surface area contributed by atoms with Crippen LogP contribution >= 0.6 is 0 Å². The third-order valence-electron chi connectivity index (χ3n) is 18.2. The first-order valence-electron chi connectivity index (χ1n) is 34.2. The summed E-state index contributed by atoms with van der Waals surface area (Å²) in [5.41, 5.74) is 13.5. The first kappa shape index (κ1) is 80.6. The standard InChI is InChI=1S/C26H27F3N4O3.C25H25F3N4O3.C15H14F3N3O2.C11H15NO2/c1-16(20-8-4-18(5-9-20)14-22(34)36-3)30-24(35)23-17(2)31-33-13-12-32(25(23)33)15-19-6-10-21(11-7-19)26(27,28)29;1-15(19-7-3-17(4-8-19)13-21(33)34)29-23(35)22-16(2)30-32-12-11-31(24(22)32)14-18-5-9-20(10-6-18)25(26,27)28;1-9-12(14(22)23)13-20(6-7-21(13)19-9)8-10-2-4-11(5-3-10)15(16,17)18;1-8(12)10-5-3-9(4-6-10)7-11(13)14-2/h4-11,16H,12-15H2,1-3H3,(H,30,35);3-10,15H,11-14H2,1-2H3,(H,29,35)(H,33,34);2-5H,6-8H2,1H3,(H,22,23);3-6,8H,7,12H2,1-2H3/t16-;15-;;8-/m00.0/s1. The number of benzene rings is 6. The van der Waals surface area contributed by atoms with Gasteiger partial charge in [0.05, 0.1) is 99.0 Å². The van der Waals surface area contributed by atoms with Gasteiger partial charge in [-0.1, -0.05) is 109 Å². The fraction of sp³-hybridized carbons (Fsp3) is 0.338. The van der Waals surface area contributed by atoms with Crippen molar-refractivity contribution in [2.75, 3.05) is 48.6 Å². The molecule has 3 aromatic heterocycles. The molecule has 9 aromatic rings. The van der Waals surface area contributed by atoms with Crippen molar-refractivity contribution in [2.45, 2.75) is 137 Å². The van der Waals surface area contributed by atoms with Crippen LogP contribution in [-0.4, -0.2) is 109 Å². The van der Waals surface area contributed by atoms with Crippen LogP contribution in [0.25, 0.3) is 0 Å². The Bertz CT molecular complexity index is 4650. The highest BCUT2D eigenvalue weighted by molar-refractivity contribution is 6.01. The van der Waals surface area contributed by atoms with E-state index in [4.69, 9.17) is 10.8 Å². The lowest BCUT2D eigenvalue weighted by Gasteiger charge is -2.20. The Morgan fingerprint density at radius 1 is 0.417 bits per heavy atom. The van der Waals surface area contributed by atoms with Crippen molar-refractivity contribution in [1.82, 2.24) is 40.0 Å². The number of nitrogens with zero attached hydrogens (tertiary/aromatic N) is 9. The molecule has 0 spiro atoms. The summed E-state index contributed by atoms with van der Waals surface area (Å²) in [4.78, 5) is 77.0. The summed E-state index contributed by atoms with van der Waals surface area (Å²) < 4.78 is 129. The number of ether oxygens (including phenoxy) is 2. The monoisotopic (exact) mass is 1500 g/mol. The minimum Gasteiger partial charge on any atom is -0.481 e. The summed E-state index contributed by atoms with van der Waals surface area (Å²) in [5, 5.41) is 37.4. The molecule has 0 saturated carbocycles. The van der Waals surface area contributed by atoms with E-state index in [0.717, 1.165) is 64.2 Å². The summed E-state index contributed by atoms with van der Waals surface area (Å²) in [5.74, 6) is -1.28. The summed E-state index contributed by atoms with van der Waals surface area (Å²) in [6.07, 6.45) is -12.7. The van der Waals surface area contributed by atoms with Crippen LogP contribution in [0.4, 0.5) is 57.0 Å². The number of aliphatic carboxylic acids is 1. The van der Waals surface area contributed by atoms with E-state index in [0.29, 0.717) is 133 Å². The SMILES string of the molecule is COC(=O)Cc1ccc([C@H](C)N)cc1.COC(=O)Cc1ccc([C@H](C)NC(=O)c2c(C)nn3c2N(Cc2ccc(C(F)(F)F)cc2)CC3)cc1.Cc1nn2c(c1C(=O)N[C@@H](C)c1ccc(CC(=O)O)cc1)N(Cc1ccc(C(F)(F)F)cc1)CC2.Cc1nn2c(c1C(=O)O)N(Cc1ccc(C(F)(F)F)cc1)CC2. The topological polar surface area (TPSA) is 275 Å². The predicted molar refractivity (Wildman–Crippen MR) is 382 cm³/mol. The number of anilines is 3. The highest BCUT2D eigenvalue weighted by atomic mass is 19.4. The van der Waals surface area contributed by atoms with E-state index in [9.17, 15) is 73.4 Å². The molecule has 3 aliphatic rings. The Labute approximate surface area is 615 Å². The molecule has 31 heteroatoms. The molecule has 6 aromatic carbocycles. The molecule has 3 atom stereocenters. The van der Waals surface area contributed by atoms with Crippen molar-refractivity contribution in [1.29, 1.82) is 0 Å². The number of carbonyl (C=O) groups is 6. The fourth-order valence-electron chi connectivity index (χ4n) is 12.6. The van der Waals surface area contributed by atoms with Crippen molar-refractivity contribution in [3.8, 4) is 0 Å². The number of esters is 2. The smallest absolute Gasteiger partial charge is 0.416 e. The van der Waals surface area contributed by atoms with E-state index < -0.39 is 47.2 Å². The molecule has 108 heavy (non-hydrogen) atoms. The number of rotatable bonds is 20. The van der Waals surface area contributed by atoms with E-state index in [1.54, 1.807) is 59.1 Å². The lowest BCUT2D eigenvalue weighted by molar-refractivity contribution is -0.140. The Hall–Kier alpha value is -11.5. The number of carbonyl (C=O) groups excluding carboxylic acids is 4. The molecule has 2 amide bonds. The van der Waals surface area contributed by atoms with Crippen molar-refractivity contribution in [3.05, 3.63) is 246 Å². The quantitative estimate of drug-likeness (QED) is 0.0350. The van der Waals surface area contributed by atoms with Gasteiger partial charge >= 0.3 is 42.4 Å². The van der Waals surface area contributed by atoms with Crippen LogP contribution in [0.5, 0.6) is 0 Å². The van der Waals surface area contributed by atoms with Crippen LogP contribution in [0.1, 0.15) is 154 Å². The Kier molecular flexibility index (Phi) is 25.7. The van der Waals surface area contributed by atoms with Crippen LogP contribution in [0.2, 0.25) is 0 Å². The zero-order valence-electron chi connectivity index (χ0n) is 60.2. The van der Waals surface area contributed by atoms with Gasteiger partial charge in [-0.2, -0.15) is 54.8 Å². The molecule has 6 heterocycles. The van der Waals surface area contributed by atoms with Gasteiger partial charge in [0.25, 0.3) is 11.8 Å². The number of alkyl halides is 9. The van der Waals surface area contributed by atoms with Crippen molar-refractivity contribution in [2.24, 2.45) is 5.73 Å². The number of carboxylic acid groups (broad SMARTS) is 2. The second-order valence-corrected chi connectivity index (χ2v) is 26.2. The van der Waals surface area contributed by atoms with Crippen molar-refractivity contribution >= 4 is 53.1 Å². The molecule has 12 rings (SSSR count). The molecular formula is C77H81F9N12O10.